The van der Waals surface area contributed by atoms with Gasteiger partial charge in [0, 0.05) is 31.8 Å². The van der Waals surface area contributed by atoms with Gasteiger partial charge in [-0.05, 0) is 25.5 Å². The highest BCUT2D eigenvalue weighted by molar-refractivity contribution is 4.98. The molecule has 21 heavy (non-hydrogen) atoms. The second-order valence-electron chi connectivity index (χ2n) is 6.00. The normalized spacial score (nSPS) is 26.2. The number of furan rings is 1. The minimum absolute atomic E-state index is 0.147. The lowest BCUT2D eigenvalue weighted by atomic mass is 10.1. The standard InChI is InChI=1S/C16H25NO4/c1-13(4-5-14-3-2-8-19-14)17-11-15-12-20-16(21-15)6-9-18-10-7-16/h2-3,8,13,15,17H,4-7,9-12H2,1H3/t13-,15-/m1/s1. The van der Waals surface area contributed by atoms with Crippen molar-refractivity contribution in [3.8, 4) is 0 Å². The third-order valence-electron chi connectivity index (χ3n) is 4.27. The molecule has 0 aromatic carbocycles. The summed E-state index contributed by atoms with van der Waals surface area (Å²) in [5, 5.41) is 3.53. The van der Waals surface area contributed by atoms with Crippen LogP contribution < -0.4 is 5.32 Å². The fraction of sp³-hybridized carbons (Fsp3) is 0.750. The van der Waals surface area contributed by atoms with Crippen LogP contribution in [-0.2, 0) is 20.6 Å². The average molecular weight is 295 g/mol. The van der Waals surface area contributed by atoms with Crippen molar-refractivity contribution in [3.63, 3.8) is 0 Å². The second-order valence-corrected chi connectivity index (χ2v) is 6.00. The molecular formula is C16H25NO4. The van der Waals surface area contributed by atoms with Crippen molar-refractivity contribution in [1.29, 1.82) is 0 Å². The monoisotopic (exact) mass is 295 g/mol. The molecule has 118 valence electrons. The molecule has 0 unspecified atom stereocenters. The van der Waals surface area contributed by atoms with Crippen LogP contribution >= 0.6 is 0 Å². The summed E-state index contributed by atoms with van der Waals surface area (Å²) in [7, 11) is 0. The maximum atomic E-state index is 6.11. The van der Waals surface area contributed by atoms with Crippen molar-refractivity contribution in [3.05, 3.63) is 24.2 Å². The average Bonchev–Trinajstić information content (AvgIpc) is 3.14. The van der Waals surface area contributed by atoms with Crippen LogP contribution in [-0.4, -0.2) is 44.3 Å². The molecule has 5 nitrogen and oxygen atoms in total. The molecule has 2 fully saturated rings. The Morgan fingerprint density at radius 2 is 2.24 bits per heavy atom. The lowest BCUT2D eigenvalue weighted by molar-refractivity contribution is -0.210. The highest BCUT2D eigenvalue weighted by Crippen LogP contribution is 2.32. The SMILES string of the molecule is C[C@H](CCc1ccco1)NC[C@@H]1COC2(CCOCC2)O1. The first-order chi connectivity index (χ1) is 10.3. The van der Waals surface area contributed by atoms with Crippen molar-refractivity contribution < 1.29 is 18.6 Å². The van der Waals surface area contributed by atoms with Crippen LogP contribution in [0.5, 0.6) is 0 Å². The molecule has 2 saturated heterocycles. The van der Waals surface area contributed by atoms with Crippen LogP contribution in [0.3, 0.4) is 0 Å². The zero-order valence-corrected chi connectivity index (χ0v) is 12.7. The third kappa shape index (κ3) is 4.07. The van der Waals surface area contributed by atoms with E-state index in [1.54, 1.807) is 6.26 Å². The smallest absolute Gasteiger partial charge is 0.173 e. The Morgan fingerprint density at radius 1 is 1.38 bits per heavy atom. The molecule has 2 aliphatic heterocycles. The van der Waals surface area contributed by atoms with Gasteiger partial charge in [-0.15, -0.1) is 0 Å². The number of hydrogen-bond donors (Lipinski definition) is 1. The summed E-state index contributed by atoms with van der Waals surface area (Å²) in [4.78, 5) is 0. The summed E-state index contributed by atoms with van der Waals surface area (Å²) in [6.07, 6.45) is 5.58. The highest BCUT2D eigenvalue weighted by Gasteiger charge is 2.42. The molecule has 0 amide bonds. The van der Waals surface area contributed by atoms with Crippen LogP contribution in [0.4, 0.5) is 0 Å². The Balaban J connectivity index is 1.35. The van der Waals surface area contributed by atoms with E-state index in [9.17, 15) is 0 Å². The van der Waals surface area contributed by atoms with Gasteiger partial charge in [-0.1, -0.05) is 0 Å². The molecule has 3 rings (SSSR count). The molecular weight excluding hydrogens is 270 g/mol. The van der Waals surface area contributed by atoms with Crippen LogP contribution in [0.25, 0.3) is 0 Å². The van der Waals surface area contributed by atoms with Gasteiger partial charge >= 0.3 is 0 Å². The Bertz CT molecular complexity index is 414. The predicted molar refractivity (Wildman–Crippen MR) is 78.1 cm³/mol. The van der Waals surface area contributed by atoms with Gasteiger partial charge < -0.3 is 23.9 Å². The van der Waals surface area contributed by atoms with E-state index in [1.807, 2.05) is 12.1 Å². The minimum Gasteiger partial charge on any atom is -0.469 e. The fourth-order valence-corrected chi connectivity index (χ4v) is 2.91. The van der Waals surface area contributed by atoms with Gasteiger partial charge in [0.2, 0.25) is 0 Å². The van der Waals surface area contributed by atoms with Crippen molar-refractivity contribution in [1.82, 2.24) is 5.32 Å². The van der Waals surface area contributed by atoms with E-state index in [2.05, 4.69) is 12.2 Å². The van der Waals surface area contributed by atoms with E-state index in [1.165, 1.54) is 0 Å². The van der Waals surface area contributed by atoms with Crippen LogP contribution in [0, 0.1) is 0 Å². The van der Waals surface area contributed by atoms with Gasteiger partial charge in [-0.2, -0.15) is 0 Å². The molecule has 1 aromatic heterocycles. The van der Waals surface area contributed by atoms with Gasteiger partial charge in [0.25, 0.3) is 0 Å². The molecule has 1 aromatic rings. The molecule has 0 saturated carbocycles. The number of rotatable bonds is 6. The summed E-state index contributed by atoms with van der Waals surface area (Å²) >= 11 is 0. The summed E-state index contributed by atoms with van der Waals surface area (Å²) in [5.74, 6) is 0.674. The molecule has 3 heterocycles. The number of hydrogen-bond acceptors (Lipinski definition) is 5. The van der Waals surface area contributed by atoms with Gasteiger partial charge in [0.15, 0.2) is 5.79 Å². The summed E-state index contributed by atoms with van der Waals surface area (Å²) < 4.78 is 22.7. The molecule has 2 atom stereocenters. The Labute approximate surface area is 125 Å². The molecule has 5 heteroatoms. The second kappa shape index (κ2) is 6.92. The lowest BCUT2D eigenvalue weighted by Gasteiger charge is -2.31. The van der Waals surface area contributed by atoms with Gasteiger partial charge in [-0.3, -0.25) is 0 Å². The molecule has 0 bridgehead atoms. The Kier molecular flexibility index (Phi) is 4.95. The minimum atomic E-state index is -0.373. The van der Waals surface area contributed by atoms with Crippen LogP contribution in [0.15, 0.2) is 22.8 Å². The van der Waals surface area contributed by atoms with Crippen molar-refractivity contribution in [2.75, 3.05) is 26.4 Å². The maximum Gasteiger partial charge on any atom is 0.173 e. The topological polar surface area (TPSA) is 52.9 Å². The largest absolute Gasteiger partial charge is 0.469 e. The molecule has 0 radical (unpaired) electrons. The van der Waals surface area contributed by atoms with Gasteiger partial charge in [0.05, 0.1) is 32.2 Å². The van der Waals surface area contributed by atoms with E-state index in [4.69, 9.17) is 18.6 Å². The van der Waals surface area contributed by atoms with E-state index in [0.29, 0.717) is 12.6 Å². The van der Waals surface area contributed by atoms with Gasteiger partial charge in [0.1, 0.15) is 5.76 Å². The van der Waals surface area contributed by atoms with E-state index in [0.717, 1.165) is 51.2 Å². The summed E-state index contributed by atoms with van der Waals surface area (Å²) in [6.45, 7) is 5.18. The molecule has 2 aliphatic rings. The third-order valence-corrected chi connectivity index (χ3v) is 4.27. The predicted octanol–water partition coefficient (Wildman–Crippen LogP) is 2.11. The molecule has 1 spiro atoms. The Hall–Kier alpha value is -0.880. The first-order valence-corrected chi connectivity index (χ1v) is 7.91. The first-order valence-electron chi connectivity index (χ1n) is 7.91. The van der Waals surface area contributed by atoms with Crippen molar-refractivity contribution >= 4 is 0 Å². The fourth-order valence-electron chi connectivity index (χ4n) is 2.91. The van der Waals surface area contributed by atoms with Gasteiger partial charge in [-0.25, -0.2) is 0 Å². The molecule has 1 N–H and O–H groups in total. The van der Waals surface area contributed by atoms with Crippen LogP contribution in [0.1, 0.15) is 31.9 Å². The van der Waals surface area contributed by atoms with Crippen molar-refractivity contribution in [2.45, 2.75) is 50.5 Å². The quantitative estimate of drug-likeness (QED) is 0.871. The maximum absolute atomic E-state index is 6.11. The summed E-state index contributed by atoms with van der Waals surface area (Å²) in [5.41, 5.74) is 0. The van der Waals surface area contributed by atoms with E-state index in [-0.39, 0.29) is 11.9 Å². The Morgan fingerprint density at radius 3 is 3.00 bits per heavy atom. The highest BCUT2D eigenvalue weighted by atomic mass is 16.7. The number of aryl methyl sites for hydroxylation is 1. The first kappa shape index (κ1) is 15.0. The van der Waals surface area contributed by atoms with Crippen LogP contribution in [0.2, 0.25) is 0 Å². The zero-order chi connectivity index (χ0) is 14.5. The van der Waals surface area contributed by atoms with E-state index < -0.39 is 0 Å². The number of nitrogens with one attached hydrogen (secondary N) is 1. The van der Waals surface area contributed by atoms with E-state index >= 15 is 0 Å². The lowest BCUT2D eigenvalue weighted by Crippen LogP contribution is -2.40. The molecule has 0 aliphatic carbocycles. The van der Waals surface area contributed by atoms with Crippen molar-refractivity contribution in [2.24, 2.45) is 0 Å². The summed E-state index contributed by atoms with van der Waals surface area (Å²) in [6, 6.07) is 4.39. The zero-order valence-electron chi connectivity index (χ0n) is 12.7. The number of ether oxygens (including phenoxy) is 3.